The van der Waals surface area contributed by atoms with Gasteiger partial charge in [-0.25, -0.2) is 8.42 Å². The predicted octanol–water partition coefficient (Wildman–Crippen LogP) is 4.18. The van der Waals surface area contributed by atoms with Gasteiger partial charge in [0.25, 0.3) is 10.0 Å². The number of amides is 1. The number of anilines is 1. The van der Waals surface area contributed by atoms with Gasteiger partial charge in [-0.3, -0.25) is 9.10 Å². The lowest BCUT2D eigenvalue weighted by Crippen LogP contribution is -2.41. The smallest absolute Gasteiger partial charge is 0.264 e. The van der Waals surface area contributed by atoms with Gasteiger partial charge in [0.2, 0.25) is 5.91 Å². The zero-order valence-corrected chi connectivity index (χ0v) is 21.0. The molecule has 35 heavy (non-hydrogen) atoms. The minimum atomic E-state index is -4.01. The van der Waals surface area contributed by atoms with E-state index < -0.39 is 28.5 Å². The summed E-state index contributed by atoms with van der Waals surface area (Å²) in [5.74, 6) is 1.33. The van der Waals surface area contributed by atoms with Gasteiger partial charge < -0.3 is 19.5 Å². The van der Waals surface area contributed by atoms with Crippen LogP contribution in [-0.2, 0) is 14.8 Å². The van der Waals surface area contributed by atoms with Crippen molar-refractivity contribution in [1.29, 1.82) is 0 Å². The Labute approximate surface area is 206 Å². The number of carbonyl (C=O) groups is 1. The van der Waals surface area contributed by atoms with Crippen LogP contribution in [0.5, 0.6) is 17.2 Å². The Bertz CT molecular complexity index is 1230. The first-order chi connectivity index (χ1) is 16.8. The van der Waals surface area contributed by atoms with Gasteiger partial charge in [0.1, 0.15) is 23.8 Å². The zero-order valence-electron chi connectivity index (χ0n) is 20.2. The van der Waals surface area contributed by atoms with Crippen molar-refractivity contribution in [2.75, 3.05) is 31.7 Å². The van der Waals surface area contributed by atoms with Crippen LogP contribution in [0.1, 0.15) is 25.5 Å². The highest BCUT2D eigenvalue weighted by molar-refractivity contribution is 7.92. The summed E-state index contributed by atoms with van der Waals surface area (Å²) < 4.78 is 44.2. The van der Waals surface area contributed by atoms with Crippen LogP contribution in [0.4, 0.5) is 5.69 Å². The number of nitrogens with one attached hydrogen (secondary N) is 1. The van der Waals surface area contributed by atoms with Gasteiger partial charge in [0.05, 0.1) is 37.5 Å². The number of sulfonamides is 1. The van der Waals surface area contributed by atoms with E-state index in [1.807, 2.05) is 6.92 Å². The molecular formula is C26H30N2O6S. The maximum atomic E-state index is 13.5. The molecule has 0 aliphatic heterocycles. The van der Waals surface area contributed by atoms with Crippen LogP contribution >= 0.6 is 0 Å². The topological polar surface area (TPSA) is 94.2 Å². The van der Waals surface area contributed by atoms with Crippen LogP contribution in [0, 0.1) is 0 Å². The predicted molar refractivity (Wildman–Crippen MR) is 135 cm³/mol. The molecule has 186 valence electrons. The Hall–Kier alpha value is -3.72. The first kappa shape index (κ1) is 25.9. The van der Waals surface area contributed by atoms with Crippen LogP contribution in [0.2, 0.25) is 0 Å². The average Bonchev–Trinajstić information content (AvgIpc) is 2.88. The van der Waals surface area contributed by atoms with Crippen LogP contribution in [-0.4, -0.2) is 41.7 Å². The molecule has 0 fully saturated rings. The van der Waals surface area contributed by atoms with E-state index in [1.54, 1.807) is 81.8 Å². The van der Waals surface area contributed by atoms with Crippen molar-refractivity contribution in [2.45, 2.75) is 24.8 Å². The Balaban J connectivity index is 1.89. The van der Waals surface area contributed by atoms with Gasteiger partial charge in [0, 0.05) is 5.56 Å². The zero-order chi connectivity index (χ0) is 25.4. The van der Waals surface area contributed by atoms with E-state index in [9.17, 15) is 13.2 Å². The Morgan fingerprint density at radius 2 is 1.60 bits per heavy atom. The molecule has 1 atom stereocenters. The molecule has 0 aromatic heterocycles. The molecule has 0 heterocycles. The molecule has 3 aromatic carbocycles. The lowest BCUT2D eigenvalue weighted by Gasteiger charge is -2.25. The van der Waals surface area contributed by atoms with Crippen molar-refractivity contribution in [3.8, 4) is 17.2 Å². The third-order valence-electron chi connectivity index (χ3n) is 5.33. The highest BCUT2D eigenvalue weighted by Crippen LogP contribution is 2.30. The molecule has 0 spiro atoms. The third-order valence-corrected chi connectivity index (χ3v) is 7.12. The number of methoxy groups -OCH3 is 2. The molecule has 8 nitrogen and oxygen atoms in total. The molecular weight excluding hydrogens is 468 g/mol. The van der Waals surface area contributed by atoms with Crippen LogP contribution in [0.3, 0.4) is 0 Å². The van der Waals surface area contributed by atoms with E-state index in [4.69, 9.17) is 14.2 Å². The van der Waals surface area contributed by atoms with Gasteiger partial charge in [-0.15, -0.1) is 0 Å². The second kappa shape index (κ2) is 11.6. The summed E-state index contributed by atoms with van der Waals surface area (Å²) in [4.78, 5) is 13.2. The summed E-state index contributed by atoms with van der Waals surface area (Å²) in [5, 5.41) is 2.87. The molecule has 1 amide bonds. The summed E-state index contributed by atoms with van der Waals surface area (Å²) in [6.07, 6.45) is 0. The van der Waals surface area contributed by atoms with Gasteiger partial charge in [-0.05, 0) is 68.4 Å². The molecule has 1 N–H and O–H groups in total. The summed E-state index contributed by atoms with van der Waals surface area (Å²) in [6, 6.07) is 19.4. The number of carbonyl (C=O) groups excluding carboxylic acids is 1. The lowest BCUT2D eigenvalue weighted by molar-refractivity contribution is -0.120. The molecule has 0 saturated heterocycles. The van der Waals surface area contributed by atoms with Crippen molar-refractivity contribution in [3.63, 3.8) is 0 Å². The largest absolute Gasteiger partial charge is 0.497 e. The fourth-order valence-electron chi connectivity index (χ4n) is 3.58. The summed E-state index contributed by atoms with van der Waals surface area (Å²) in [6.45, 7) is 3.73. The molecule has 0 saturated carbocycles. The molecule has 0 aliphatic rings. The minimum Gasteiger partial charge on any atom is -0.497 e. The minimum absolute atomic E-state index is 0.0872. The maximum Gasteiger partial charge on any atom is 0.264 e. The lowest BCUT2D eigenvalue weighted by atomic mass is 10.1. The van der Waals surface area contributed by atoms with E-state index in [-0.39, 0.29) is 4.90 Å². The first-order valence-electron chi connectivity index (χ1n) is 11.1. The van der Waals surface area contributed by atoms with Gasteiger partial charge in [0.15, 0.2) is 0 Å². The van der Waals surface area contributed by atoms with E-state index in [0.717, 1.165) is 4.31 Å². The van der Waals surface area contributed by atoms with Crippen LogP contribution in [0.15, 0.2) is 77.7 Å². The fourth-order valence-corrected chi connectivity index (χ4v) is 5.03. The van der Waals surface area contributed by atoms with Gasteiger partial charge in [-0.1, -0.05) is 18.2 Å². The monoisotopic (exact) mass is 498 g/mol. The summed E-state index contributed by atoms with van der Waals surface area (Å²) in [7, 11) is -0.916. The molecule has 0 aliphatic carbocycles. The van der Waals surface area contributed by atoms with Crippen molar-refractivity contribution >= 4 is 21.6 Å². The molecule has 0 radical (unpaired) electrons. The second-order valence-corrected chi connectivity index (χ2v) is 9.51. The molecule has 9 heteroatoms. The molecule has 0 unspecified atom stereocenters. The molecule has 3 aromatic rings. The van der Waals surface area contributed by atoms with Crippen LogP contribution in [0.25, 0.3) is 0 Å². The average molecular weight is 499 g/mol. The van der Waals surface area contributed by atoms with Crippen LogP contribution < -0.4 is 23.8 Å². The quantitative estimate of drug-likeness (QED) is 0.426. The van der Waals surface area contributed by atoms with Crippen molar-refractivity contribution in [1.82, 2.24) is 5.32 Å². The number of benzene rings is 3. The molecule has 0 bridgehead atoms. The number of hydrogen-bond acceptors (Lipinski definition) is 6. The number of ether oxygens (including phenoxy) is 3. The standard InChI is InChI=1S/C26H30N2O6S/c1-5-34-21-13-11-20(12-14-21)28(35(30,31)23-9-7-6-8-10-23)18-26(29)27-19(2)24-17-22(32-3)15-16-25(24)33-4/h6-17,19H,5,18H2,1-4H3,(H,27,29)/t19-/m1/s1. The number of rotatable bonds is 11. The summed E-state index contributed by atoms with van der Waals surface area (Å²) >= 11 is 0. The van der Waals surface area contributed by atoms with E-state index in [2.05, 4.69) is 5.32 Å². The van der Waals surface area contributed by atoms with E-state index in [0.29, 0.717) is 35.1 Å². The van der Waals surface area contributed by atoms with Crippen molar-refractivity contribution in [3.05, 3.63) is 78.4 Å². The number of hydrogen-bond donors (Lipinski definition) is 1. The summed E-state index contributed by atoms with van der Waals surface area (Å²) in [5.41, 5.74) is 1.05. The van der Waals surface area contributed by atoms with Gasteiger partial charge in [-0.2, -0.15) is 0 Å². The first-order valence-corrected chi connectivity index (χ1v) is 12.6. The molecule has 3 rings (SSSR count). The highest BCUT2D eigenvalue weighted by Gasteiger charge is 2.28. The normalized spacial score (nSPS) is 11.9. The van der Waals surface area contributed by atoms with Crippen molar-refractivity contribution < 1.29 is 27.4 Å². The SMILES string of the molecule is CCOc1ccc(N(CC(=O)N[C@H](C)c2cc(OC)ccc2OC)S(=O)(=O)c2ccccc2)cc1. The fraction of sp³-hybridized carbons (Fsp3) is 0.269. The maximum absolute atomic E-state index is 13.5. The Kier molecular flexibility index (Phi) is 8.59. The van der Waals surface area contributed by atoms with Gasteiger partial charge >= 0.3 is 0 Å². The number of nitrogens with zero attached hydrogens (tertiary/aromatic N) is 1. The Morgan fingerprint density at radius 3 is 2.20 bits per heavy atom. The third kappa shape index (κ3) is 6.24. The van der Waals surface area contributed by atoms with Crippen molar-refractivity contribution in [2.24, 2.45) is 0 Å². The van der Waals surface area contributed by atoms with E-state index >= 15 is 0 Å². The van der Waals surface area contributed by atoms with E-state index in [1.165, 1.54) is 12.1 Å². The Morgan fingerprint density at radius 1 is 0.943 bits per heavy atom. The second-order valence-electron chi connectivity index (χ2n) is 7.65. The highest BCUT2D eigenvalue weighted by atomic mass is 32.2.